The summed E-state index contributed by atoms with van der Waals surface area (Å²) in [6, 6.07) is 6.34. The summed E-state index contributed by atoms with van der Waals surface area (Å²) >= 11 is 0. The largest absolute Gasteiger partial charge is 0.398 e. The molecule has 3 rings (SSSR count). The van der Waals surface area contributed by atoms with Crippen LogP contribution in [0, 0.1) is 5.92 Å². The minimum absolute atomic E-state index is 0.930. The van der Waals surface area contributed by atoms with Gasteiger partial charge in [0.1, 0.15) is 0 Å². The van der Waals surface area contributed by atoms with Crippen molar-refractivity contribution >= 4 is 5.69 Å². The number of nitrogens with zero attached hydrogens (tertiary/aromatic N) is 1. The lowest BCUT2D eigenvalue weighted by molar-refractivity contribution is 0.203. The average Bonchev–Trinajstić information content (AvgIpc) is 2.74. The molecule has 2 heteroatoms. The topological polar surface area (TPSA) is 29.3 Å². The van der Waals surface area contributed by atoms with E-state index in [4.69, 9.17) is 5.73 Å². The van der Waals surface area contributed by atoms with Crippen LogP contribution in [0.5, 0.6) is 0 Å². The van der Waals surface area contributed by atoms with Crippen LogP contribution < -0.4 is 5.73 Å². The summed E-state index contributed by atoms with van der Waals surface area (Å²) in [6.45, 7) is 3.45. The third-order valence-corrected chi connectivity index (χ3v) is 4.33. The fraction of sp³-hybridized carbons (Fsp3) is 0.600. The number of nitrogen functional groups attached to an aromatic ring is 1. The molecule has 1 aliphatic carbocycles. The quantitative estimate of drug-likeness (QED) is 0.791. The summed E-state index contributed by atoms with van der Waals surface area (Å²) in [4.78, 5) is 2.58. The predicted octanol–water partition coefficient (Wildman–Crippen LogP) is 3.16. The minimum atomic E-state index is 0.930. The van der Waals surface area contributed by atoms with Crippen LogP contribution >= 0.6 is 0 Å². The molecule has 1 heterocycles. The van der Waals surface area contributed by atoms with Gasteiger partial charge >= 0.3 is 0 Å². The second kappa shape index (κ2) is 4.69. The monoisotopic (exact) mass is 230 g/mol. The molecule has 0 spiro atoms. The van der Waals surface area contributed by atoms with Gasteiger partial charge in [0.2, 0.25) is 0 Å². The third-order valence-electron chi connectivity index (χ3n) is 4.33. The molecule has 1 fully saturated rings. The Balaban J connectivity index is 1.63. The molecule has 0 radical (unpaired) electrons. The van der Waals surface area contributed by atoms with Crippen molar-refractivity contribution < 1.29 is 0 Å². The summed E-state index contributed by atoms with van der Waals surface area (Å²) in [7, 11) is 0. The van der Waals surface area contributed by atoms with Gasteiger partial charge in [0, 0.05) is 25.3 Å². The molecule has 2 N–H and O–H groups in total. The van der Waals surface area contributed by atoms with E-state index >= 15 is 0 Å². The molecule has 0 atom stereocenters. The number of nitrogens with two attached hydrogens (primary N) is 1. The summed E-state index contributed by atoms with van der Waals surface area (Å²) in [5.74, 6) is 0.930. The molecule has 1 aliphatic heterocycles. The molecule has 0 bridgehead atoms. The maximum absolute atomic E-state index is 6.04. The van der Waals surface area contributed by atoms with Crippen LogP contribution in [0.2, 0.25) is 0 Å². The van der Waals surface area contributed by atoms with Crippen molar-refractivity contribution in [2.75, 3.05) is 12.3 Å². The zero-order chi connectivity index (χ0) is 11.7. The van der Waals surface area contributed by atoms with Crippen LogP contribution in [0.3, 0.4) is 0 Å². The Bertz CT molecular complexity index is 394. The van der Waals surface area contributed by atoms with Crippen molar-refractivity contribution in [3.05, 3.63) is 29.3 Å². The average molecular weight is 230 g/mol. The van der Waals surface area contributed by atoms with Gasteiger partial charge in [0.25, 0.3) is 0 Å². The summed E-state index contributed by atoms with van der Waals surface area (Å²) in [5, 5.41) is 0. The van der Waals surface area contributed by atoms with E-state index in [1.165, 1.54) is 49.8 Å². The minimum Gasteiger partial charge on any atom is -0.398 e. The van der Waals surface area contributed by atoms with Gasteiger partial charge in [0.15, 0.2) is 0 Å². The molecule has 2 nitrogen and oxygen atoms in total. The van der Waals surface area contributed by atoms with E-state index in [2.05, 4.69) is 17.0 Å². The van der Waals surface area contributed by atoms with Gasteiger partial charge in [0.05, 0.1) is 0 Å². The molecule has 1 aromatic carbocycles. The Labute approximate surface area is 104 Å². The smallest absolute Gasteiger partial charge is 0.0363 e. The van der Waals surface area contributed by atoms with Crippen molar-refractivity contribution in [3.8, 4) is 0 Å². The standard InChI is InChI=1S/C15H22N2/c16-15-8-4-7-13-10-17(11-14(13)15)9-12-5-2-1-3-6-12/h4,7-8,12H,1-3,5-6,9-11,16H2. The first-order chi connectivity index (χ1) is 8.33. The van der Waals surface area contributed by atoms with E-state index in [-0.39, 0.29) is 0 Å². The number of hydrogen-bond donors (Lipinski definition) is 1. The maximum atomic E-state index is 6.04. The van der Waals surface area contributed by atoms with Gasteiger partial charge < -0.3 is 5.73 Å². The Kier molecular flexibility index (Phi) is 3.06. The van der Waals surface area contributed by atoms with Crippen molar-refractivity contribution in [1.29, 1.82) is 0 Å². The Morgan fingerprint density at radius 3 is 2.71 bits per heavy atom. The van der Waals surface area contributed by atoms with Crippen LogP contribution in [-0.2, 0) is 13.1 Å². The van der Waals surface area contributed by atoms with Crippen molar-refractivity contribution in [1.82, 2.24) is 4.90 Å². The number of rotatable bonds is 2. The second-order valence-electron chi connectivity index (χ2n) is 5.66. The lowest BCUT2D eigenvalue weighted by atomic mass is 9.89. The van der Waals surface area contributed by atoms with Crippen LogP contribution in [0.15, 0.2) is 18.2 Å². The molecule has 0 aromatic heterocycles. The number of fused-ring (bicyclic) bond motifs is 1. The van der Waals surface area contributed by atoms with E-state index in [0.717, 1.165) is 24.7 Å². The molecular weight excluding hydrogens is 208 g/mol. The first kappa shape index (κ1) is 11.1. The van der Waals surface area contributed by atoms with Crippen LogP contribution in [0.4, 0.5) is 5.69 Å². The Morgan fingerprint density at radius 2 is 1.94 bits per heavy atom. The lowest BCUT2D eigenvalue weighted by Crippen LogP contribution is -2.26. The molecular formula is C15H22N2. The summed E-state index contributed by atoms with van der Waals surface area (Å²) in [5.41, 5.74) is 9.84. The highest BCUT2D eigenvalue weighted by molar-refractivity contribution is 5.52. The molecule has 92 valence electrons. The summed E-state index contributed by atoms with van der Waals surface area (Å²) < 4.78 is 0. The molecule has 1 saturated carbocycles. The Hall–Kier alpha value is -1.02. The fourth-order valence-corrected chi connectivity index (χ4v) is 3.38. The molecule has 1 aromatic rings. The van der Waals surface area contributed by atoms with E-state index < -0.39 is 0 Å². The lowest BCUT2D eigenvalue weighted by Gasteiger charge is -2.26. The number of hydrogen-bond acceptors (Lipinski definition) is 2. The Morgan fingerprint density at radius 1 is 1.12 bits per heavy atom. The van der Waals surface area contributed by atoms with Crippen LogP contribution in [-0.4, -0.2) is 11.4 Å². The first-order valence-electron chi connectivity index (χ1n) is 6.91. The van der Waals surface area contributed by atoms with Crippen LogP contribution in [0.1, 0.15) is 43.2 Å². The fourth-order valence-electron chi connectivity index (χ4n) is 3.38. The molecule has 17 heavy (non-hydrogen) atoms. The van der Waals surface area contributed by atoms with E-state index in [1.54, 1.807) is 0 Å². The third kappa shape index (κ3) is 2.32. The number of anilines is 1. The van der Waals surface area contributed by atoms with Crippen LogP contribution in [0.25, 0.3) is 0 Å². The zero-order valence-electron chi connectivity index (χ0n) is 10.5. The van der Waals surface area contributed by atoms with E-state index in [9.17, 15) is 0 Å². The van der Waals surface area contributed by atoms with Gasteiger partial charge in [-0.1, -0.05) is 31.4 Å². The second-order valence-corrected chi connectivity index (χ2v) is 5.66. The SMILES string of the molecule is Nc1cccc2c1CN(CC1CCCCC1)C2. The van der Waals surface area contributed by atoms with Gasteiger partial charge in [-0.25, -0.2) is 0 Å². The highest BCUT2D eigenvalue weighted by Crippen LogP contribution is 2.31. The van der Waals surface area contributed by atoms with E-state index in [1.807, 2.05) is 6.07 Å². The maximum Gasteiger partial charge on any atom is 0.0363 e. The zero-order valence-corrected chi connectivity index (χ0v) is 10.5. The number of benzene rings is 1. The highest BCUT2D eigenvalue weighted by Gasteiger charge is 2.23. The van der Waals surface area contributed by atoms with E-state index in [0.29, 0.717) is 0 Å². The van der Waals surface area contributed by atoms with Gasteiger partial charge in [-0.15, -0.1) is 0 Å². The molecule has 0 unspecified atom stereocenters. The van der Waals surface area contributed by atoms with Crippen molar-refractivity contribution in [2.24, 2.45) is 5.92 Å². The molecule has 0 saturated heterocycles. The first-order valence-corrected chi connectivity index (χ1v) is 6.91. The normalized spacial score (nSPS) is 21.6. The molecule has 2 aliphatic rings. The van der Waals surface area contributed by atoms with Gasteiger partial charge in [-0.3, -0.25) is 4.90 Å². The molecule has 0 amide bonds. The van der Waals surface area contributed by atoms with Crippen molar-refractivity contribution in [3.63, 3.8) is 0 Å². The van der Waals surface area contributed by atoms with Gasteiger partial charge in [-0.2, -0.15) is 0 Å². The van der Waals surface area contributed by atoms with Crippen molar-refractivity contribution in [2.45, 2.75) is 45.2 Å². The predicted molar refractivity (Wildman–Crippen MR) is 71.5 cm³/mol. The summed E-state index contributed by atoms with van der Waals surface area (Å²) in [6.07, 6.45) is 7.19. The van der Waals surface area contributed by atoms with Gasteiger partial charge in [-0.05, 0) is 36.0 Å². The highest BCUT2D eigenvalue weighted by atomic mass is 15.1.